The molecule has 2 nitrogen and oxygen atoms in total. The predicted molar refractivity (Wildman–Crippen MR) is 75.7 cm³/mol. The molecule has 1 fully saturated rings. The molecule has 18 heavy (non-hydrogen) atoms. The highest BCUT2D eigenvalue weighted by molar-refractivity contribution is 5.85. The number of hydrogen-bond acceptors (Lipinski definition) is 2. The molecule has 102 valence electrons. The summed E-state index contributed by atoms with van der Waals surface area (Å²) in [4.78, 5) is 2.51. The summed E-state index contributed by atoms with van der Waals surface area (Å²) in [6, 6.07) is 7.44. The van der Waals surface area contributed by atoms with Crippen LogP contribution in [-0.4, -0.2) is 31.1 Å². The standard InChI is InChI=1S/C14H21FN2.ClH/c1-2-3-14(17-10-8-16-9-11-17)12-4-6-13(15)7-5-12;/h4-7,14,16H,2-3,8-11H2,1H3;1H/t14-;/m0./s1. The van der Waals surface area contributed by atoms with Crippen LogP contribution in [-0.2, 0) is 0 Å². The van der Waals surface area contributed by atoms with Crippen molar-refractivity contribution in [2.45, 2.75) is 25.8 Å². The molecular formula is C14H22ClFN2. The average molecular weight is 273 g/mol. The first kappa shape index (κ1) is 15.4. The van der Waals surface area contributed by atoms with E-state index in [1.54, 1.807) is 12.1 Å². The van der Waals surface area contributed by atoms with Crippen molar-refractivity contribution in [3.05, 3.63) is 35.6 Å². The highest BCUT2D eigenvalue weighted by atomic mass is 35.5. The highest BCUT2D eigenvalue weighted by Gasteiger charge is 2.21. The number of rotatable bonds is 4. The van der Waals surface area contributed by atoms with Crippen LogP contribution in [0.3, 0.4) is 0 Å². The first-order valence-corrected chi connectivity index (χ1v) is 6.51. The van der Waals surface area contributed by atoms with Gasteiger partial charge in [-0.15, -0.1) is 12.4 Å². The van der Waals surface area contributed by atoms with Crippen molar-refractivity contribution in [3.8, 4) is 0 Å². The minimum atomic E-state index is -0.149. The lowest BCUT2D eigenvalue weighted by molar-refractivity contribution is 0.164. The van der Waals surface area contributed by atoms with E-state index in [1.807, 2.05) is 12.1 Å². The van der Waals surface area contributed by atoms with Crippen molar-refractivity contribution in [2.75, 3.05) is 26.2 Å². The summed E-state index contributed by atoms with van der Waals surface area (Å²) in [5.74, 6) is -0.149. The van der Waals surface area contributed by atoms with Gasteiger partial charge in [-0.25, -0.2) is 4.39 Å². The van der Waals surface area contributed by atoms with Gasteiger partial charge in [-0.1, -0.05) is 25.5 Å². The van der Waals surface area contributed by atoms with E-state index in [1.165, 1.54) is 5.56 Å². The van der Waals surface area contributed by atoms with Gasteiger partial charge in [-0.05, 0) is 24.1 Å². The van der Waals surface area contributed by atoms with Gasteiger partial charge in [-0.3, -0.25) is 4.90 Å². The molecule has 1 atom stereocenters. The van der Waals surface area contributed by atoms with E-state index in [2.05, 4.69) is 17.1 Å². The van der Waals surface area contributed by atoms with Gasteiger partial charge in [0, 0.05) is 32.2 Å². The topological polar surface area (TPSA) is 15.3 Å². The van der Waals surface area contributed by atoms with Crippen LogP contribution in [0.1, 0.15) is 31.4 Å². The lowest BCUT2D eigenvalue weighted by atomic mass is 10.00. The van der Waals surface area contributed by atoms with Gasteiger partial charge in [0.15, 0.2) is 0 Å². The quantitative estimate of drug-likeness (QED) is 0.907. The molecule has 0 aliphatic carbocycles. The molecule has 1 aliphatic rings. The second-order valence-electron chi connectivity index (χ2n) is 4.64. The third-order valence-electron chi connectivity index (χ3n) is 3.41. The molecule has 4 heteroatoms. The Hall–Kier alpha value is -0.640. The van der Waals surface area contributed by atoms with Gasteiger partial charge in [-0.2, -0.15) is 0 Å². The van der Waals surface area contributed by atoms with Gasteiger partial charge in [0.1, 0.15) is 5.82 Å². The van der Waals surface area contributed by atoms with Crippen molar-refractivity contribution in [3.63, 3.8) is 0 Å². The van der Waals surface area contributed by atoms with Gasteiger partial charge in [0.25, 0.3) is 0 Å². The molecule has 2 rings (SSSR count). The van der Waals surface area contributed by atoms with E-state index < -0.39 is 0 Å². The van der Waals surface area contributed by atoms with Crippen LogP contribution in [0.4, 0.5) is 4.39 Å². The molecule has 1 aliphatic heterocycles. The Morgan fingerprint density at radius 1 is 1.22 bits per heavy atom. The Kier molecular flexibility index (Phi) is 6.61. The molecule has 1 N–H and O–H groups in total. The SMILES string of the molecule is CCC[C@@H](c1ccc(F)cc1)N1CCNCC1.Cl. The van der Waals surface area contributed by atoms with E-state index in [0.29, 0.717) is 6.04 Å². The van der Waals surface area contributed by atoms with Crippen LogP contribution in [0, 0.1) is 5.82 Å². The number of benzene rings is 1. The summed E-state index contributed by atoms with van der Waals surface area (Å²) in [6.07, 6.45) is 2.30. The minimum absolute atomic E-state index is 0. The fraction of sp³-hybridized carbons (Fsp3) is 0.571. The summed E-state index contributed by atoms with van der Waals surface area (Å²) in [5.41, 5.74) is 1.25. The molecule has 0 radical (unpaired) electrons. The molecule has 1 aromatic rings. The monoisotopic (exact) mass is 272 g/mol. The molecule has 0 bridgehead atoms. The summed E-state index contributed by atoms with van der Waals surface area (Å²) >= 11 is 0. The average Bonchev–Trinajstić information content (AvgIpc) is 2.38. The number of halogens is 2. The number of nitrogens with one attached hydrogen (secondary N) is 1. The second kappa shape index (κ2) is 7.72. The van der Waals surface area contributed by atoms with Crippen molar-refractivity contribution >= 4 is 12.4 Å². The maximum absolute atomic E-state index is 13.0. The van der Waals surface area contributed by atoms with E-state index in [4.69, 9.17) is 0 Å². The largest absolute Gasteiger partial charge is 0.314 e. The van der Waals surface area contributed by atoms with Crippen LogP contribution >= 0.6 is 12.4 Å². The van der Waals surface area contributed by atoms with Crippen LogP contribution in [0.25, 0.3) is 0 Å². The summed E-state index contributed by atoms with van der Waals surface area (Å²) < 4.78 is 13.0. The van der Waals surface area contributed by atoms with Gasteiger partial charge in [0.05, 0.1) is 0 Å². The Labute approximate surface area is 115 Å². The van der Waals surface area contributed by atoms with Gasteiger partial charge in [0.2, 0.25) is 0 Å². The summed E-state index contributed by atoms with van der Waals surface area (Å²) in [6.45, 7) is 6.49. The molecule has 1 aromatic carbocycles. The highest BCUT2D eigenvalue weighted by Crippen LogP contribution is 2.26. The first-order chi connectivity index (χ1) is 8.31. The molecule has 0 amide bonds. The summed E-state index contributed by atoms with van der Waals surface area (Å²) in [7, 11) is 0. The smallest absolute Gasteiger partial charge is 0.123 e. The maximum atomic E-state index is 13.0. The van der Waals surface area contributed by atoms with Crippen LogP contribution in [0.5, 0.6) is 0 Å². The molecular weight excluding hydrogens is 251 g/mol. The van der Waals surface area contributed by atoms with Crippen molar-refractivity contribution in [1.29, 1.82) is 0 Å². The zero-order valence-electron chi connectivity index (χ0n) is 10.9. The van der Waals surface area contributed by atoms with Crippen molar-refractivity contribution in [1.82, 2.24) is 10.2 Å². The van der Waals surface area contributed by atoms with E-state index >= 15 is 0 Å². The number of nitrogens with zero attached hydrogens (tertiary/aromatic N) is 1. The Morgan fingerprint density at radius 2 is 1.83 bits per heavy atom. The molecule has 0 unspecified atom stereocenters. The number of hydrogen-bond donors (Lipinski definition) is 1. The lowest BCUT2D eigenvalue weighted by Gasteiger charge is -2.35. The molecule has 0 aromatic heterocycles. The van der Waals surface area contributed by atoms with Crippen LogP contribution in [0.15, 0.2) is 24.3 Å². The zero-order valence-corrected chi connectivity index (χ0v) is 11.7. The van der Waals surface area contributed by atoms with Crippen molar-refractivity contribution in [2.24, 2.45) is 0 Å². The normalized spacial score (nSPS) is 18.1. The van der Waals surface area contributed by atoms with E-state index in [-0.39, 0.29) is 18.2 Å². The Bertz CT molecular complexity index is 336. The molecule has 1 saturated heterocycles. The minimum Gasteiger partial charge on any atom is -0.314 e. The summed E-state index contributed by atoms with van der Waals surface area (Å²) in [5, 5.41) is 3.37. The van der Waals surface area contributed by atoms with Gasteiger partial charge >= 0.3 is 0 Å². The third-order valence-corrected chi connectivity index (χ3v) is 3.41. The predicted octanol–water partition coefficient (Wildman–Crippen LogP) is 2.99. The second-order valence-corrected chi connectivity index (χ2v) is 4.64. The zero-order chi connectivity index (χ0) is 12.1. The fourth-order valence-electron chi connectivity index (χ4n) is 2.51. The van der Waals surface area contributed by atoms with Gasteiger partial charge < -0.3 is 5.32 Å². The Morgan fingerprint density at radius 3 is 2.39 bits per heavy atom. The lowest BCUT2D eigenvalue weighted by Crippen LogP contribution is -2.45. The Balaban J connectivity index is 0.00000162. The molecule has 0 spiro atoms. The maximum Gasteiger partial charge on any atom is 0.123 e. The fourth-order valence-corrected chi connectivity index (χ4v) is 2.51. The third kappa shape index (κ3) is 3.94. The first-order valence-electron chi connectivity index (χ1n) is 6.51. The van der Waals surface area contributed by atoms with E-state index in [0.717, 1.165) is 39.0 Å². The van der Waals surface area contributed by atoms with Crippen LogP contribution < -0.4 is 5.32 Å². The van der Waals surface area contributed by atoms with Crippen LogP contribution in [0.2, 0.25) is 0 Å². The molecule has 0 saturated carbocycles. The molecule has 1 heterocycles. The van der Waals surface area contributed by atoms with Crippen molar-refractivity contribution < 1.29 is 4.39 Å². The van der Waals surface area contributed by atoms with E-state index in [9.17, 15) is 4.39 Å². The number of piperazine rings is 1.